The number of hydrogen-bond acceptors (Lipinski definition) is 4. The van der Waals surface area contributed by atoms with Crippen LogP contribution in [0.3, 0.4) is 0 Å². The largest absolute Gasteiger partial charge is 0.379 e. The van der Waals surface area contributed by atoms with Gasteiger partial charge in [0, 0.05) is 17.7 Å². The minimum absolute atomic E-state index is 0.147. The summed E-state index contributed by atoms with van der Waals surface area (Å²) in [6, 6.07) is 18.3. The molecule has 0 aliphatic carbocycles. The van der Waals surface area contributed by atoms with Crippen molar-refractivity contribution in [1.29, 1.82) is 0 Å². The van der Waals surface area contributed by atoms with Crippen LogP contribution in [0.15, 0.2) is 54.6 Å². The van der Waals surface area contributed by atoms with Gasteiger partial charge in [-0.15, -0.1) is 10.2 Å². The molecule has 0 radical (unpaired) electrons. The minimum Gasteiger partial charge on any atom is -0.379 e. The number of rotatable bonds is 3. The van der Waals surface area contributed by atoms with Crippen LogP contribution in [0, 0.1) is 6.92 Å². The second-order valence-corrected chi connectivity index (χ2v) is 7.49. The lowest BCUT2D eigenvalue weighted by Gasteiger charge is -2.09. The summed E-state index contributed by atoms with van der Waals surface area (Å²) in [4.78, 5) is 0. The zero-order valence-corrected chi connectivity index (χ0v) is 16.2. The van der Waals surface area contributed by atoms with Gasteiger partial charge in [-0.3, -0.25) is 0 Å². The zero-order valence-electron chi connectivity index (χ0n) is 15.5. The van der Waals surface area contributed by atoms with E-state index in [0.717, 1.165) is 35.2 Å². The fraction of sp³-hybridized carbons (Fsp3) is 0.227. The molecule has 0 spiro atoms. The Morgan fingerprint density at radius 2 is 1.82 bits per heavy atom. The summed E-state index contributed by atoms with van der Waals surface area (Å²) in [6.07, 6.45) is 0.907. The Labute approximate surface area is 167 Å². The number of hydrogen-bond donors (Lipinski definition) is 0. The van der Waals surface area contributed by atoms with Crippen molar-refractivity contribution in [3.8, 4) is 22.5 Å². The molecule has 1 unspecified atom stereocenters. The molecule has 5 nitrogen and oxygen atoms in total. The topological polar surface area (TPSA) is 52.8 Å². The highest BCUT2D eigenvalue weighted by atomic mass is 35.5. The summed E-state index contributed by atoms with van der Waals surface area (Å²) in [7, 11) is 0. The molecule has 3 heterocycles. The van der Waals surface area contributed by atoms with E-state index in [2.05, 4.69) is 35.3 Å². The van der Waals surface area contributed by atoms with Crippen molar-refractivity contribution < 1.29 is 4.74 Å². The van der Waals surface area contributed by atoms with Crippen LogP contribution in [0.1, 0.15) is 18.0 Å². The van der Waals surface area contributed by atoms with Crippen molar-refractivity contribution in [3.05, 3.63) is 65.2 Å². The molecule has 2 aromatic carbocycles. The number of aromatic nitrogens is 4. The van der Waals surface area contributed by atoms with E-state index in [4.69, 9.17) is 21.4 Å². The number of halogens is 1. The summed E-state index contributed by atoms with van der Waals surface area (Å²) < 4.78 is 7.51. The van der Waals surface area contributed by atoms with E-state index in [1.54, 1.807) is 0 Å². The van der Waals surface area contributed by atoms with Crippen molar-refractivity contribution in [3.63, 3.8) is 0 Å². The van der Waals surface area contributed by atoms with E-state index in [-0.39, 0.29) is 6.04 Å². The monoisotopic (exact) mass is 390 g/mol. The molecule has 1 saturated heterocycles. The van der Waals surface area contributed by atoms with Gasteiger partial charge in [0.1, 0.15) is 11.4 Å². The van der Waals surface area contributed by atoms with Gasteiger partial charge in [-0.1, -0.05) is 65.7 Å². The maximum absolute atomic E-state index is 6.90. The molecule has 1 aliphatic rings. The molecule has 0 bridgehead atoms. The Hall–Kier alpha value is -2.76. The second kappa shape index (κ2) is 7.00. The maximum atomic E-state index is 6.90. The van der Waals surface area contributed by atoms with E-state index in [0.29, 0.717) is 23.0 Å². The van der Waals surface area contributed by atoms with E-state index >= 15 is 0 Å². The molecule has 1 aliphatic heterocycles. The van der Waals surface area contributed by atoms with Crippen LogP contribution >= 0.6 is 11.6 Å². The van der Waals surface area contributed by atoms with Crippen LogP contribution in [0.5, 0.6) is 0 Å². The number of fused-ring (bicyclic) bond motifs is 1. The van der Waals surface area contributed by atoms with E-state index in [1.807, 2.05) is 41.1 Å². The average molecular weight is 391 g/mol. The lowest BCUT2D eigenvalue weighted by atomic mass is 10.1. The lowest BCUT2D eigenvalue weighted by molar-refractivity contribution is 0.185. The van der Waals surface area contributed by atoms with Crippen molar-refractivity contribution >= 4 is 22.6 Å². The molecule has 140 valence electrons. The second-order valence-electron chi connectivity index (χ2n) is 7.11. The molecule has 1 atom stereocenters. The summed E-state index contributed by atoms with van der Waals surface area (Å²) in [5.74, 6) is 0. The van der Waals surface area contributed by atoms with Crippen LogP contribution < -0.4 is 0 Å². The highest BCUT2D eigenvalue weighted by Gasteiger charge is 2.26. The Balaban J connectivity index is 1.79. The predicted molar refractivity (Wildman–Crippen MR) is 110 cm³/mol. The summed E-state index contributed by atoms with van der Waals surface area (Å²) in [5, 5.41) is 15.3. The maximum Gasteiger partial charge on any atom is 0.182 e. The molecule has 5 rings (SSSR count). The standard InChI is InChI=1S/C22H19ClN4O/c1-14-6-5-9-16(12-14)20-18-19(23)21(15-7-3-2-4-8-15)24-25-22(18)27(26-20)17-10-11-28-13-17/h2-9,12,17H,10-11,13H2,1H3. The first-order valence-electron chi connectivity index (χ1n) is 9.37. The molecule has 0 saturated carbocycles. The Kier molecular flexibility index (Phi) is 4.34. The van der Waals surface area contributed by atoms with Crippen molar-refractivity contribution in [1.82, 2.24) is 20.0 Å². The molecule has 0 amide bonds. The summed E-state index contributed by atoms with van der Waals surface area (Å²) >= 11 is 6.90. The number of nitrogens with zero attached hydrogens (tertiary/aromatic N) is 4. The lowest BCUT2D eigenvalue weighted by Crippen LogP contribution is -2.11. The molecular weight excluding hydrogens is 372 g/mol. The van der Waals surface area contributed by atoms with Crippen LogP contribution in [0.4, 0.5) is 0 Å². The fourth-order valence-corrected chi connectivity index (χ4v) is 4.05. The van der Waals surface area contributed by atoms with Crippen molar-refractivity contribution in [2.45, 2.75) is 19.4 Å². The zero-order chi connectivity index (χ0) is 19.1. The molecule has 1 fully saturated rings. The third-order valence-electron chi connectivity index (χ3n) is 5.15. The first-order valence-corrected chi connectivity index (χ1v) is 9.75. The van der Waals surface area contributed by atoms with Gasteiger partial charge >= 0.3 is 0 Å². The number of benzene rings is 2. The van der Waals surface area contributed by atoms with Gasteiger partial charge in [0.2, 0.25) is 0 Å². The Bertz CT molecular complexity index is 1150. The van der Waals surface area contributed by atoms with Gasteiger partial charge in [-0.05, 0) is 19.4 Å². The molecule has 2 aromatic heterocycles. The minimum atomic E-state index is 0.147. The van der Waals surface area contributed by atoms with Gasteiger partial charge in [-0.2, -0.15) is 5.10 Å². The highest BCUT2D eigenvalue weighted by molar-refractivity contribution is 6.38. The van der Waals surface area contributed by atoms with Crippen molar-refractivity contribution in [2.24, 2.45) is 0 Å². The van der Waals surface area contributed by atoms with Gasteiger partial charge in [0.05, 0.1) is 23.1 Å². The predicted octanol–water partition coefficient (Wildman–Crippen LogP) is 5.08. The molecular formula is C22H19ClN4O. The normalized spacial score (nSPS) is 16.7. The fourth-order valence-electron chi connectivity index (χ4n) is 3.73. The van der Waals surface area contributed by atoms with Crippen molar-refractivity contribution in [2.75, 3.05) is 13.2 Å². The molecule has 0 N–H and O–H groups in total. The van der Waals surface area contributed by atoms with Gasteiger partial charge in [0.25, 0.3) is 0 Å². The first kappa shape index (κ1) is 17.3. The quantitative estimate of drug-likeness (QED) is 0.489. The number of aryl methyl sites for hydroxylation is 1. The van der Waals surface area contributed by atoms with Crippen LogP contribution in [-0.4, -0.2) is 33.2 Å². The summed E-state index contributed by atoms with van der Waals surface area (Å²) in [6.45, 7) is 3.43. The van der Waals surface area contributed by atoms with E-state index in [1.165, 1.54) is 5.56 Å². The van der Waals surface area contributed by atoms with E-state index < -0.39 is 0 Å². The molecule has 6 heteroatoms. The smallest absolute Gasteiger partial charge is 0.182 e. The third kappa shape index (κ3) is 2.87. The van der Waals surface area contributed by atoms with Gasteiger partial charge in [0.15, 0.2) is 5.65 Å². The molecule has 28 heavy (non-hydrogen) atoms. The van der Waals surface area contributed by atoms with Crippen LogP contribution in [0.25, 0.3) is 33.5 Å². The molecule has 4 aromatic rings. The SMILES string of the molecule is Cc1cccc(-c2nn(C3CCOC3)c3nnc(-c4ccccc4)c(Cl)c23)c1. The number of ether oxygens (including phenoxy) is 1. The summed E-state index contributed by atoms with van der Waals surface area (Å²) in [5.41, 5.74) is 5.35. The Morgan fingerprint density at radius 1 is 1.00 bits per heavy atom. The van der Waals surface area contributed by atoms with E-state index in [9.17, 15) is 0 Å². The van der Waals surface area contributed by atoms with Gasteiger partial charge in [-0.25, -0.2) is 4.68 Å². The van der Waals surface area contributed by atoms with Gasteiger partial charge < -0.3 is 4.74 Å². The third-order valence-corrected chi connectivity index (χ3v) is 5.52. The highest BCUT2D eigenvalue weighted by Crippen LogP contribution is 2.38. The van der Waals surface area contributed by atoms with Crippen LogP contribution in [-0.2, 0) is 4.74 Å². The first-order chi connectivity index (χ1) is 13.7. The van der Waals surface area contributed by atoms with Crippen LogP contribution in [0.2, 0.25) is 5.02 Å². The Morgan fingerprint density at radius 3 is 2.57 bits per heavy atom. The average Bonchev–Trinajstić information content (AvgIpc) is 3.37.